The molecule has 0 spiro atoms. The zero-order valence-electron chi connectivity index (χ0n) is 11.1. The molecule has 5 heteroatoms. The van der Waals surface area contributed by atoms with Crippen molar-refractivity contribution in [2.24, 2.45) is 0 Å². The maximum atomic E-state index is 12.0. The van der Waals surface area contributed by atoms with E-state index in [1.807, 2.05) is 25.1 Å². The number of anilines is 2. The molecule has 3 rings (SSSR count). The van der Waals surface area contributed by atoms with E-state index in [0.29, 0.717) is 6.42 Å². The molecule has 0 radical (unpaired) electrons. The summed E-state index contributed by atoms with van der Waals surface area (Å²) >= 11 is 0. The van der Waals surface area contributed by atoms with Crippen LogP contribution in [0.2, 0.25) is 0 Å². The average molecular weight is 261 g/mol. The van der Waals surface area contributed by atoms with Gasteiger partial charge in [-0.3, -0.25) is 4.79 Å². The summed E-state index contributed by atoms with van der Waals surface area (Å²) in [5.74, 6) is 0.736. The van der Waals surface area contributed by atoms with Crippen LogP contribution in [0.3, 0.4) is 0 Å². The standard InChI is InChI=1S/C14H19N3O2/c1-2-11-14(18)16-13-10(4-3-5-12(13)19-11)17-8-6-15-7-9-17/h3-5,11,15H,2,6-9H2,1H3,(H,16,18). The van der Waals surface area contributed by atoms with Crippen LogP contribution in [0.15, 0.2) is 18.2 Å². The Kier molecular flexibility index (Phi) is 3.29. The van der Waals surface area contributed by atoms with Crippen LogP contribution in [-0.4, -0.2) is 38.2 Å². The van der Waals surface area contributed by atoms with Crippen LogP contribution < -0.4 is 20.3 Å². The zero-order chi connectivity index (χ0) is 13.2. The van der Waals surface area contributed by atoms with E-state index in [1.165, 1.54) is 0 Å². The molecule has 1 saturated heterocycles. The Balaban J connectivity index is 1.93. The van der Waals surface area contributed by atoms with Crippen LogP contribution in [0.25, 0.3) is 0 Å². The summed E-state index contributed by atoms with van der Waals surface area (Å²) in [7, 11) is 0. The van der Waals surface area contributed by atoms with Crippen molar-refractivity contribution < 1.29 is 9.53 Å². The Labute approximate surface area is 112 Å². The molecular weight excluding hydrogens is 242 g/mol. The van der Waals surface area contributed by atoms with Gasteiger partial charge in [0, 0.05) is 26.2 Å². The average Bonchev–Trinajstić information content (AvgIpc) is 2.47. The van der Waals surface area contributed by atoms with Crippen molar-refractivity contribution in [2.45, 2.75) is 19.4 Å². The molecule has 2 heterocycles. The van der Waals surface area contributed by atoms with Gasteiger partial charge >= 0.3 is 0 Å². The molecule has 2 N–H and O–H groups in total. The summed E-state index contributed by atoms with van der Waals surface area (Å²) in [4.78, 5) is 14.2. The molecule has 1 atom stereocenters. The number of para-hydroxylation sites is 1. The molecule has 1 unspecified atom stereocenters. The lowest BCUT2D eigenvalue weighted by Crippen LogP contribution is -2.44. The van der Waals surface area contributed by atoms with Gasteiger partial charge in [-0.2, -0.15) is 0 Å². The molecule has 0 bridgehead atoms. The lowest BCUT2D eigenvalue weighted by molar-refractivity contribution is -0.123. The number of fused-ring (bicyclic) bond motifs is 1. The van der Waals surface area contributed by atoms with E-state index in [0.717, 1.165) is 43.3 Å². The number of amides is 1. The first kappa shape index (κ1) is 12.3. The monoisotopic (exact) mass is 261 g/mol. The fourth-order valence-electron chi connectivity index (χ4n) is 2.59. The van der Waals surface area contributed by atoms with Crippen molar-refractivity contribution in [1.82, 2.24) is 5.32 Å². The summed E-state index contributed by atoms with van der Waals surface area (Å²) in [5, 5.41) is 6.33. The van der Waals surface area contributed by atoms with E-state index in [4.69, 9.17) is 4.74 Å². The molecule has 1 amide bonds. The molecule has 2 aliphatic heterocycles. The smallest absolute Gasteiger partial charge is 0.265 e. The zero-order valence-corrected chi connectivity index (χ0v) is 11.1. The van der Waals surface area contributed by atoms with Gasteiger partial charge < -0.3 is 20.3 Å². The van der Waals surface area contributed by atoms with E-state index >= 15 is 0 Å². The largest absolute Gasteiger partial charge is 0.478 e. The molecule has 19 heavy (non-hydrogen) atoms. The topological polar surface area (TPSA) is 53.6 Å². The van der Waals surface area contributed by atoms with Gasteiger partial charge in [0.25, 0.3) is 5.91 Å². The Morgan fingerprint density at radius 1 is 1.37 bits per heavy atom. The normalized spacial score (nSPS) is 22.5. The second kappa shape index (κ2) is 5.09. The first-order valence-corrected chi connectivity index (χ1v) is 6.86. The first-order chi connectivity index (χ1) is 9.29. The minimum Gasteiger partial charge on any atom is -0.478 e. The second-order valence-corrected chi connectivity index (χ2v) is 4.89. The number of nitrogens with one attached hydrogen (secondary N) is 2. The number of rotatable bonds is 2. The number of carbonyl (C=O) groups excluding carboxylic acids is 1. The van der Waals surface area contributed by atoms with Crippen molar-refractivity contribution >= 4 is 17.3 Å². The molecular formula is C14H19N3O2. The van der Waals surface area contributed by atoms with Gasteiger partial charge in [-0.15, -0.1) is 0 Å². The molecule has 102 valence electrons. The second-order valence-electron chi connectivity index (χ2n) is 4.89. The van der Waals surface area contributed by atoms with Crippen LogP contribution in [0.5, 0.6) is 5.75 Å². The number of nitrogens with zero attached hydrogens (tertiary/aromatic N) is 1. The van der Waals surface area contributed by atoms with E-state index in [2.05, 4.69) is 15.5 Å². The van der Waals surface area contributed by atoms with Crippen molar-refractivity contribution in [1.29, 1.82) is 0 Å². The Morgan fingerprint density at radius 2 is 2.16 bits per heavy atom. The van der Waals surface area contributed by atoms with Gasteiger partial charge in [0.1, 0.15) is 11.4 Å². The predicted molar refractivity (Wildman–Crippen MR) is 74.9 cm³/mol. The van der Waals surface area contributed by atoms with Gasteiger partial charge in [0.2, 0.25) is 0 Å². The Morgan fingerprint density at radius 3 is 2.89 bits per heavy atom. The van der Waals surface area contributed by atoms with Crippen LogP contribution >= 0.6 is 0 Å². The number of piperazine rings is 1. The van der Waals surface area contributed by atoms with Crippen molar-refractivity contribution in [3.05, 3.63) is 18.2 Å². The van der Waals surface area contributed by atoms with Crippen molar-refractivity contribution in [3.8, 4) is 5.75 Å². The molecule has 0 aliphatic carbocycles. The van der Waals surface area contributed by atoms with Crippen LogP contribution in [0, 0.1) is 0 Å². The van der Waals surface area contributed by atoms with Crippen LogP contribution in [0.4, 0.5) is 11.4 Å². The summed E-state index contributed by atoms with van der Waals surface area (Å²) in [5.41, 5.74) is 1.88. The lowest BCUT2D eigenvalue weighted by atomic mass is 10.1. The van der Waals surface area contributed by atoms with Crippen molar-refractivity contribution in [3.63, 3.8) is 0 Å². The Hall–Kier alpha value is -1.75. The molecule has 2 aliphatic rings. The number of ether oxygens (including phenoxy) is 1. The van der Waals surface area contributed by atoms with Gasteiger partial charge in [0.15, 0.2) is 6.10 Å². The molecule has 0 aromatic heterocycles. The number of hydrogen-bond donors (Lipinski definition) is 2. The van der Waals surface area contributed by atoms with Gasteiger partial charge in [0.05, 0.1) is 5.69 Å². The highest BCUT2D eigenvalue weighted by Gasteiger charge is 2.29. The maximum Gasteiger partial charge on any atom is 0.265 e. The number of benzene rings is 1. The third-order valence-corrected chi connectivity index (χ3v) is 3.64. The molecule has 5 nitrogen and oxygen atoms in total. The van der Waals surface area contributed by atoms with Crippen LogP contribution in [0.1, 0.15) is 13.3 Å². The van der Waals surface area contributed by atoms with Crippen LogP contribution in [-0.2, 0) is 4.79 Å². The third-order valence-electron chi connectivity index (χ3n) is 3.64. The fourth-order valence-corrected chi connectivity index (χ4v) is 2.59. The highest BCUT2D eigenvalue weighted by Crippen LogP contribution is 2.38. The number of hydrogen-bond acceptors (Lipinski definition) is 4. The highest BCUT2D eigenvalue weighted by atomic mass is 16.5. The number of carbonyl (C=O) groups is 1. The van der Waals surface area contributed by atoms with Gasteiger partial charge in [-0.05, 0) is 18.6 Å². The minimum absolute atomic E-state index is 0.0439. The molecule has 1 aromatic carbocycles. The minimum atomic E-state index is -0.370. The van der Waals surface area contributed by atoms with E-state index < -0.39 is 0 Å². The fraction of sp³-hybridized carbons (Fsp3) is 0.500. The SMILES string of the molecule is CCC1Oc2cccc(N3CCNCC3)c2NC1=O. The summed E-state index contributed by atoms with van der Waals surface area (Å²) in [6.45, 7) is 5.79. The van der Waals surface area contributed by atoms with Gasteiger partial charge in [-0.1, -0.05) is 13.0 Å². The highest BCUT2D eigenvalue weighted by molar-refractivity contribution is 6.01. The summed E-state index contributed by atoms with van der Waals surface area (Å²) in [6, 6.07) is 5.95. The third kappa shape index (κ3) is 2.26. The molecule has 1 aromatic rings. The predicted octanol–water partition coefficient (Wildman–Crippen LogP) is 1.21. The molecule has 1 fully saturated rings. The first-order valence-electron chi connectivity index (χ1n) is 6.86. The van der Waals surface area contributed by atoms with E-state index in [1.54, 1.807) is 0 Å². The van der Waals surface area contributed by atoms with Crippen molar-refractivity contribution in [2.75, 3.05) is 36.4 Å². The Bertz CT molecular complexity index is 484. The lowest BCUT2D eigenvalue weighted by Gasteiger charge is -2.34. The quantitative estimate of drug-likeness (QED) is 0.840. The summed E-state index contributed by atoms with van der Waals surface area (Å²) < 4.78 is 5.77. The van der Waals surface area contributed by atoms with Gasteiger partial charge in [-0.25, -0.2) is 0 Å². The van der Waals surface area contributed by atoms with E-state index in [-0.39, 0.29) is 12.0 Å². The molecule has 0 saturated carbocycles. The van der Waals surface area contributed by atoms with E-state index in [9.17, 15) is 4.79 Å². The maximum absolute atomic E-state index is 12.0. The summed E-state index contributed by atoms with van der Waals surface area (Å²) in [6.07, 6.45) is 0.314.